The molecule has 0 fully saturated rings. The molecule has 1 aromatic heterocycles. The number of aryl methyl sites for hydroxylation is 1. The third-order valence-electron chi connectivity index (χ3n) is 6.65. The van der Waals surface area contributed by atoms with Gasteiger partial charge in [0.25, 0.3) is 11.8 Å². The Kier molecular flexibility index (Phi) is 10.3. The first-order valence-electron chi connectivity index (χ1n) is 13.2. The van der Waals surface area contributed by atoms with Crippen molar-refractivity contribution in [1.29, 1.82) is 0 Å². The van der Waals surface area contributed by atoms with E-state index in [0.29, 0.717) is 46.2 Å². The second kappa shape index (κ2) is 13.9. The molecule has 1 heterocycles. The van der Waals surface area contributed by atoms with E-state index >= 15 is 0 Å². The SMILES string of the molecule is CCCN[C@H]1CCc2nc(N(CCOC)C(=O)c3cccc(CNC(=O)c4ccc(OC)c(Cl)c4)c3)sc2C1. The number of methoxy groups -OCH3 is 2. The molecule has 0 saturated carbocycles. The highest BCUT2D eigenvalue weighted by molar-refractivity contribution is 7.16. The van der Waals surface area contributed by atoms with Crippen molar-refractivity contribution in [3.8, 4) is 5.75 Å². The zero-order valence-corrected chi connectivity index (χ0v) is 24.2. The van der Waals surface area contributed by atoms with Crippen molar-refractivity contribution in [3.05, 3.63) is 74.7 Å². The van der Waals surface area contributed by atoms with E-state index in [9.17, 15) is 9.59 Å². The molecule has 1 atom stereocenters. The number of anilines is 1. The Labute approximate surface area is 238 Å². The number of carbonyl (C=O) groups excluding carboxylic acids is 2. The smallest absolute Gasteiger partial charge is 0.260 e. The number of aromatic nitrogens is 1. The number of fused-ring (bicyclic) bond motifs is 1. The zero-order valence-electron chi connectivity index (χ0n) is 22.6. The van der Waals surface area contributed by atoms with Gasteiger partial charge in [0, 0.05) is 35.7 Å². The number of nitrogens with zero attached hydrogens (tertiary/aromatic N) is 2. The highest BCUT2D eigenvalue weighted by atomic mass is 35.5. The van der Waals surface area contributed by atoms with E-state index in [1.165, 1.54) is 12.0 Å². The second-order valence-electron chi connectivity index (χ2n) is 9.44. The van der Waals surface area contributed by atoms with Gasteiger partial charge in [-0.25, -0.2) is 4.98 Å². The van der Waals surface area contributed by atoms with Crippen LogP contribution < -0.4 is 20.3 Å². The molecule has 39 heavy (non-hydrogen) atoms. The van der Waals surface area contributed by atoms with Crippen molar-refractivity contribution in [1.82, 2.24) is 15.6 Å². The quantitative estimate of drug-likeness (QED) is 0.322. The van der Waals surface area contributed by atoms with E-state index in [1.807, 2.05) is 18.2 Å². The van der Waals surface area contributed by atoms with Crippen LogP contribution >= 0.6 is 22.9 Å². The number of nitrogens with one attached hydrogen (secondary N) is 2. The van der Waals surface area contributed by atoms with Crippen LogP contribution in [0.2, 0.25) is 5.02 Å². The Bertz CT molecular complexity index is 1300. The molecule has 1 aliphatic carbocycles. The van der Waals surface area contributed by atoms with Crippen LogP contribution in [0.1, 0.15) is 56.6 Å². The molecule has 2 amide bonds. The number of amides is 2. The summed E-state index contributed by atoms with van der Waals surface area (Å²) in [7, 11) is 3.15. The second-order valence-corrected chi connectivity index (χ2v) is 10.9. The monoisotopic (exact) mass is 570 g/mol. The van der Waals surface area contributed by atoms with Crippen LogP contribution in [0.15, 0.2) is 42.5 Å². The molecule has 0 radical (unpaired) electrons. The van der Waals surface area contributed by atoms with Crippen molar-refractivity contribution < 1.29 is 19.1 Å². The number of rotatable bonds is 12. The van der Waals surface area contributed by atoms with E-state index in [1.54, 1.807) is 47.6 Å². The van der Waals surface area contributed by atoms with Gasteiger partial charge in [0.05, 0.1) is 31.0 Å². The third-order valence-corrected chi connectivity index (χ3v) is 8.09. The summed E-state index contributed by atoms with van der Waals surface area (Å²) in [5, 5.41) is 7.58. The molecule has 0 spiro atoms. The number of ether oxygens (including phenoxy) is 2. The molecule has 2 aromatic carbocycles. The Morgan fingerprint density at radius 1 is 1.18 bits per heavy atom. The molecular formula is C29H35ClN4O4S. The van der Waals surface area contributed by atoms with Gasteiger partial charge in [0.1, 0.15) is 5.75 Å². The maximum atomic E-state index is 13.7. The molecule has 2 N–H and O–H groups in total. The Hall–Kier alpha value is -2.98. The lowest BCUT2D eigenvalue weighted by atomic mass is 9.98. The van der Waals surface area contributed by atoms with E-state index in [2.05, 4.69) is 17.6 Å². The molecular weight excluding hydrogens is 536 g/mol. The van der Waals surface area contributed by atoms with Crippen molar-refractivity contribution in [2.24, 2.45) is 0 Å². The van der Waals surface area contributed by atoms with Crippen LogP contribution in [0.25, 0.3) is 0 Å². The molecule has 10 heteroatoms. The molecule has 0 aliphatic heterocycles. The number of benzene rings is 2. The number of carbonyl (C=O) groups is 2. The number of thiazole rings is 1. The maximum absolute atomic E-state index is 13.7. The van der Waals surface area contributed by atoms with Gasteiger partial charge in [-0.3, -0.25) is 14.5 Å². The van der Waals surface area contributed by atoms with Gasteiger partial charge in [-0.15, -0.1) is 11.3 Å². The summed E-state index contributed by atoms with van der Waals surface area (Å²) in [6.45, 7) is 4.24. The van der Waals surface area contributed by atoms with E-state index < -0.39 is 0 Å². The number of hydrogen-bond acceptors (Lipinski definition) is 7. The Balaban J connectivity index is 1.46. The topological polar surface area (TPSA) is 92.8 Å². The average molecular weight is 571 g/mol. The fourth-order valence-electron chi connectivity index (χ4n) is 4.53. The summed E-state index contributed by atoms with van der Waals surface area (Å²) in [5.41, 5.74) is 2.86. The molecule has 208 valence electrons. The van der Waals surface area contributed by atoms with Crippen LogP contribution in [0, 0.1) is 0 Å². The summed E-state index contributed by atoms with van der Waals surface area (Å²) in [6.07, 6.45) is 4.01. The summed E-state index contributed by atoms with van der Waals surface area (Å²) in [6, 6.07) is 12.6. The molecule has 0 saturated heterocycles. The largest absolute Gasteiger partial charge is 0.495 e. The van der Waals surface area contributed by atoms with Crippen LogP contribution in [0.5, 0.6) is 5.75 Å². The highest BCUT2D eigenvalue weighted by Crippen LogP contribution is 2.33. The molecule has 0 bridgehead atoms. The Morgan fingerprint density at radius 3 is 2.77 bits per heavy atom. The first-order valence-corrected chi connectivity index (χ1v) is 14.4. The van der Waals surface area contributed by atoms with Crippen molar-refractivity contribution in [2.45, 2.75) is 45.2 Å². The van der Waals surface area contributed by atoms with E-state index in [0.717, 1.165) is 43.5 Å². The predicted molar refractivity (Wildman–Crippen MR) is 155 cm³/mol. The predicted octanol–water partition coefficient (Wildman–Crippen LogP) is 4.89. The van der Waals surface area contributed by atoms with Gasteiger partial charge >= 0.3 is 0 Å². The minimum absolute atomic E-state index is 0.145. The van der Waals surface area contributed by atoms with E-state index in [4.69, 9.17) is 26.1 Å². The first-order chi connectivity index (χ1) is 18.9. The third kappa shape index (κ3) is 7.36. The summed E-state index contributed by atoms with van der Waals surface area (Å²) in [5.74, 6) is 0.0959. The summed E-state index contributed by atoms with van der Waals surface area (Å²) in [4.78, 5) is 34.2. The summed E-state index contributed by atoms with van der Waals surface area (Å²) >= 11 is 7.76. The first kappa shape index (κ1) is 29.0. The van der Waals surface area contributed by atoms with Crippen LogP contribution in [-0.4, -0.2) is 56.8 Å². The van der Waals surface area contributed by atoms with Crippen LogP contribution in [0.4, 0.5) is 5.13 Å². The Morgan fingerprint density at radius 2 is 2.03 bits per heavy atom. The minimum Gasteiger partial charge on any atom is -0.495 e. The summed E-state index contributed by atoms with van der Waals surface area (Å²) < 4.78 is 10.5. The maximum Gasteiger partial charge on any atom is 0.260 e. The molecule has 0 unspecified atom stereocenters. The average Bonchev–Trinajstić information content (AvgIpc) is 3.38. The minimum atomic E-state index is -0.266. The van der Waals surface area contributed by atoms with E-state index in [-0.39, 0.29) is 18.4 Å². The number of halogens is 1. The van der Waals surface area contributed by atoms with Gasteiger partial charge < -0.3 is 20.1 Å². The standard InChI is InChI=1S/C29H35ClN4O4S/c1-4-12-31-22-9-10-24-26(17-22)39-29(33-24)34(13-14-37-2)28(36)21-7-5-6-19(15-21)18-32-27(35)20-8-11-25(38-3)23(30)16-20/h5-8,11,15-16,22,31H,4,9-10,12-14,17-18H2,1-3H3,(H,32,35)/t22-/m0/s1. The van der Waals surface area contributed by atoms with Gasteiger partial charge in [-0.05, 0) is 68.1 Å². The zero-order chi connectivity index (χ0) is 27.8. The van der Waals surface area contributed by atoms with Gasteiger partial charge in [0.2, 0.25) is 0 Å². The lowest BCUT2D eigenvalue weighted by Gasteiger charge is -2.21. The molecule has 3 aromatic rings. The fraction of sp³-hybridized carbons (Fsp3) is 0.414. The lowest BCUT2D eigenvalue weighted by molar-refractivity contribution is 0.0949. The fourth-order valence-corrected chi connectivity index (χ4v) is 6.00. The van der Waals surface area contributed by atoms with Gasteiger partial charge in [-0.2, -0.15) is 0 Å². The van der Waals surface area contributed by atoms with Crippen molar-refractivity contribution >= 4 is 39.9 Å². The lowest BCUT2D eigenvalue weighted by Crippen LogP contribution is -2.34. The van der Waals surface area contributed by atoms with Gasteiger partial charge in [0.15, 0.2) is 5.13 Å². The van der Waals surface area contributed by atoms with Crippen molar-refractivity contribution in [3.63, 3.8) is 0 Å². The molecule has 1 aliphatic rings. The molecule has 8 nitrogen and oxygen atoms in total. The van der Waals surface area contributed by atoms with Crippen molar-refractivity contribution in [2.75, 3.05) is 38.8 Å². The normalized spacial score (nSPS) is 14.5. The number of hydrogen-bond donors (Lipinski definition) is 2. The van der Waals surface area contributed by atoms with Crippen LogP contribution in [0.3, 0.4) is 0 Å². The van der Waals surface area contributed by atoms with Crippen LogP contribution in [-0.2, 0) is 24.1 Å². The highest BCUT2D eigenvalue weighted by Gasteiger charge is 2.27. The van der Waals surface area contributed by atoms with Gasteiger partial charge in [-0.1, -0.05) is 30.7 Å². The molecule has 4 rings (SSSR count).